The molecule has 250 valence electrons. The lowest BCUT2D eigenvalue weighted by Crippen LogP contribution is -2.49. The van der Waals surface area contributed by atoms with E-state index in [0.29, 0.717) is 23.7 Å². The number of nitrogens with zero attached hydrogens (tertiary/aromatic N) is 3. The molecule has 2 aromatic carbocycles. The highest BCUT2D eigenvalue weighted by atomic mass is 79.9. The van der Waals surface area contributed by atoms with E-state index in [9.17, 15) is 14.4 Å². The van der Waals surface area contributed by atoms with Crippen LogP contribution < -0.4 is 5.32 Å². The van der Waals surface area contributed by atoms with Gasteiger partial charge in [-0.2, -0.15) is 0 Å². The van der Waals surface area contributed by atoms with Gasteiger partial charge in [0.05, 0.1) is 10.0 Å². The Morgan fingerprint density at radius 1 is 0.778 bits per heavy atom. The van der Waals surface area contributed by atoms with Crippen molar-refractivity contribution >= 4 is 73.5 Å². The summed E-state index contributed by atoms with van der Waals surface area (Å²) in [6.07, 6.45) is 0.358. The third-order valence-corrected chi connectivity index (χ3v) is 8.69. The van der Waals surface area contributed by atoms with Crippen LogP contribution in [-0.4, -0.2) is 96.7 Å². The van der Waals surface area contributed by atoms with Crippen LogP contribution in [0.3, 0.4) is 0 Å². The second-order valence-corrected chi connectivity index (χ2v) is 15.0. The number of aldehydes is 1. The zero-order valence-electron chi connectivity index (χ0n) is 26.8. The van der Waals surface area contributed by atoms with Crippen molar-refractivity contribution in [2.24, 2.45) is 0 Å². The Morgan fingerprint density at radius 2 is 1.24 bits per heavy atom. The minimum atomic E-state index is -0.441. The van der Waals surface area contributed by atoms with Crippen molar-refractivity contribution in [3.05, 3.63) is 66.5 Å². The van der Waals surface area contributed by atoms with Gasteiger partial charge in [-0.15, -0.1) is 0 Å². The number of hydrogen-bond donors (Lipinski definition) is 1. The third kappa shape index (κ3) is 15.5. The number of rotatable bonds is 3. The Bertz CT molecular complexity index is 1270. The number of hydrogen-bond acceptors (Lipinski definition) is 7. The molecule has 0 spiro atoms. The Morgan fingerprint density at radius 3 is 1.69 bits per heavy atom. The summed E-state index contributed by atoms with van der Waals surface area (Å²) in [6, 6.07) is 11.0. The molecule has 2 aliphatic heterocycles. The van der Waals surface area contributed by atoms with Gasteiger partial charge >= 0.3 is 12.2 Å². The van der Waals surface area contributed by atoms with Crippen LogP contribution in [0.15, 0.2) is 45.3 Å². The number of benzene rings is 2. The van der Waals surface area contributed by atoms with Crippen molar-refractivity contribution < 1.29 is 23.9 Å². The first-order valence-corrected chi connectivity index (χ1v) is 17.0. The molecule has 2 aliphatic rings. The van der Waals surface area contributed by atoms with E-state index in [1.54, 1.807) is 28.0 Å². The van der Waals surface area contributed by atoms with Crippen molar-refractivity contribution in [2.45, 2.75) is 59.3 Å². The smallest absolute Gasteiger partial charge is 0.410 e. The molecular weight excluding hydrogens is 751 g/mol. The average molecular weight is 795 g/mol. The van der Waals surface area contributed by atoms with E-state index in [4.69, 9.17) is 32.7 Å². The Hall–Kier alpha value is -1.89. The van der Waals surface area contributed by atoms with Crippen molar-refractivity contribution in [2.75, 3.05) is 52.4 Å². The lowest BCUT2D eigenvalue weighted by molar-refractivity contribution is 0.0138. The van der Waals surface area contributed by atoms with Crippen LogP contribution in [0.5, 0.6) is 0 Å². The number of nitrogens with one attached hydrogen (secondary N) is 1. The topological polar surface area (TPSA) is 91.4 Å². The van der Waals surface area contributed by atoms with Gasteiger partial charge in [0, 0.05) is 73.4 Å². The molecule has 2 aromatic rings. The zero-order chi connectivity index (χ0) is 33.8. The summed E-state index contributed by atoms with van der Waals surface area (Å²) in [7, 11) is 0. The van der Waals surface area contributed by atoms with E-state index in [1.807, 2.05) is 59.7 Å². The molecular formula is C32H44Br2Cl2N4O5. The monoisotopic (exact) mass is 792 g/mol. The third-order valence-electron chi connectivity index (χ3n) is 6.26. The molecule has 0 bridgehead atoms. The second kappa shape index (κ2) is 18.4. The molecule has 4 rings (SSSR count). The van der Waals surface area contributed by atoms with Crippen molar-refractivity contribution in [1.29, 1.82) is 0 Å². The average Bonchev–Trinajstić information content (AvgIpc) is 2.96. The normalized spacial score (nSPS) is 15.6. The van der Waals surface area contributed by atoms with Crippen molar-refractivity contribution in [3.8, 4) is 0 Å². The minimum absolute atomic E-state index is 0.200. The molecule has 2 amide bonds. The van der Waals surface area contributed by atoms with Crippen LogP contribution in [0.2, 0.25) is 10.0 Å². The summed E-state index contributed by atoms with van der Waals surface area (Å²) in [5, 5.41) is 4.52. The van der Waals surface area contributed by atoms with Gasteiger partial charge in [-0.25, -0.2) is 9.59 Å². The number of halogens is 4. The van der Waals surface area contributed by atoms with Gasteiger partial charge in [0.2, 0.25) is 0 Å². The summed E-state index contributed by atoms with van der Waals surface area (Å²) in [5.74, 6) is 0. The van der Waals surface area contributed by atoms with Gasteiger partial charge in [-0.05, 0) is 103 Å². The van der Waals surface area contributed by atoms with E-state index in [1.165, 1.54) is 5.56 Å². The van der Waals surface area contributed by atoms with Gasteiger partial charge in [-0.1, -0.05) is 35.3 Å². The molecule has 0 unspecified atom stereocenters. The Labute approximate surface area is 294 Å². The maximum Gasteiger partial charge on any atom is 0.410 e. The van der Waals surface area contributed by atoms with Gasteiger partial charge in [0.15, 0.2) is 0 Å². The highest BCUT2D eigenvalue weighted by Gasteiger charge is 2.26. The number of ether oxygens (including phenoxy) is 2. The van der Waals surface area contributed by atoms with Gasteiger partial charge < -0.3 is 24.6 Å². The summed E-state index contributed by atoms with van der Waals surface area (Å²) in [5.41, 5.74) is 1.00. The first-order chi connectivity index (χ1) is 21.0. The van der Waals surface area contributed by atoms with E-state index in [2.05, 4.69) is 42.1 Å². The van der Waals surface area contributed by atoms with E-state index in [-0.39, 0.29) is 17.8 Å². The quantitative estimate of drug-likeness (QED) is 0.316. The van der Waals surface area contributed by atoms with Crippen LogP contribution in [0.25, 0.3) is 0 Å². The van der Waals surface area contributed by atoms with Crippen LogP contribution in [0.4, 0.5) is 9.59 Å². The number of carbonyl (C=O) groups is 3. The maximum atomic E-state index is 12.0. The fraction of sp³-hybridized carbons (Fsp3) is 0.531. The minimum Gasteiger partial charge on any atom is -0.444 e. The SMILES string of the molecule is CC(C)(C)OC(=O)N1CCN(Cc2ccc(Cl)c(Br)c2)CC1.CC(C)(C)OC(=O)N1CCNCC1.O=Cc1ccc(Cl)c(Br)c1. The Balaban J connectivity index is 0.000000259. The number of carbonyl (C=O) groups excluding carboxylic acids is 3. The predicted octanol–water partition coefficient (Wildman–Crippen LogP) is 7.90. The molecule has 13 heteroatoms. The van der Waals surface area contributed by atoms with Crippen LogP contribution in [-0.2, 0) is 16.0 Å². The second-order valence-electron chi connectivity index (χ2n) is 12.5. The van der Waals surface area contributed by atoms with Crippen molar-refractivity contribution in [3.63, 3.8) is 0 Å². The molecule has 2 heterocycles. The highest BCUT2D eigenvalue weighted by Crippen LogP contribution is 2.24. The summed E-state index contributed by atoms with van der Waals surface area (Å²) >= 11 is 18.3. The largest absolute Gasteiger partial charge is 0.444 e. The zero-order valence-corrected chi connectivity index (χ0v) is 31.5. The van der Waals surface area contributed by atoms with Crippen molar-refractivity contribution in [1.82, 2.24) is 20.0 Å². The highest BCUT2D eigenvalue weighted by molar-refractivity contribution is 9.10. The maximum absolute atomic E-state index is 12.0. The summed E-state index contributed by atoms with van der Waals surface area (Å²) in [4.78, 5) is 39.6. The fourth-order valence-electron chi connectivity index (χ4n) is 4.07. The van der Waals surface area contributed by atoms with Gasteiger partial charge in [0.25, 0.3) is 0 Å². The fourth-order valence-corrected chi connectivity index (χ4v) is 5.13. The molecule has 9 nitrogen and oxygen atoms in total. The molecule has 0 atom stereocenters. The summed E-state index contributed by atoms with van der Waals surface area (Å²) < 4.78 is 12.3. The molecule has 0 saturated carbocycles. The standard InChI is InChI=1S/C16H22BrClN2O2.C9H18N2O2.C7H4BrClO/c1-16(2,3)22-15(21)20-8-6-19(7-9-20)11-12-4-5-14(18)13(17)10-12;1-9(2,3)13-8(12)11-6-4-10-5-7-11;8-6-3-5(4-10)1-2-7(6)9/h4-5,10H,6-9,11H2,1-3H3;10H,4-7H2,1-3H3;1-4H. The van der Waals surface area contributed by atoms with E-state index < -0.39 is 5.60 Å². The van der Waals surface area contributed by atoms with E-state index >= 15 is 0 Å². The molecule has 2 fully saturated rings. The molecule has 0 aliphatic carbocycles. The van der Waals surface area contributed by atoms with Crippen LogP contribution in [0.1, 0.15) is 57.5 Å². The Kier molecular flexibility index (Phi) is 16.1. The van der Waals surface area contributed by atoms with Crippen LogP contribution in [0, 0.1) is 0 Å². The van der Waals surface area contributed by atoms with Gasteiger partial charge in [-0.3, -0.25) is 9.69 Å². The molecule has 1 N–H and O–H groups in total. The molecule has 0 aromatic heterocycles. The summed E-state index contributed by atoms with van der Waals surface area (Å²) in [6.45, 7) is 18.5. The molecule has 2 saturated heterocycles. The lowest BCUT2D eigenvalue weighted by atomic mass is 10.2. The first kappa shape index (κ1) is 39.3. The van der Waals surface area contributed by atoms with E-state index in [0.717, 1.165) is 66.1 Å². The molecule has 45 heavy (non-hydrogen) atoms. The first-order valence-electron chi connectivity index (χ1n) is 14.7. The lowest BCUT2D eigenvalue weighted by Gasteiger charge is -2.35. The number of amides is 2. The van der Waals surface area contributed by atoms with Crippen LogP contribution >= 0.6 is 55.1 Å². The van der Waals surface area contributed by atoms with Gasteiger partial charge in [0.1, 0.15) is 17.5 Å². The predicted molar refractivity (Wildman–Crippen MR) is 187 cm³/mol. The number of piperazine rings is 2. The molecule has 0 radical (unpaired) electrons.